The zero-order chi connectivity index (χ0) is 12.8. The highest BCUT2D eigenvalue weighted by molar-refractivity contribution is 6.05. The number of carbonyl (C=O) groups excluding carboxylic acids is 1. The molecule has 1 amide bonds. The van der Waals surface area contributed by atoms with Crippen molar-refractivity contribution >= 4 is 16.8 Å². The monoisotopic (exact) mass is 255 g/mol. The van der Waals surface area contributed by atoms with Gasteiger partial charge in [0.1, 0.15) is 0 Å². The van der Waals surface area contributed by atoms with E-state index in [1.165, 1.54) is 0 Å². The molecule has 0 aliphatic carbocycles. The van der Waals surface area contributed by atoms with Gasteiger partial charge in [0.05, 0.1) is 11.1 Å². The van der Waals surface area contributed by atoms with Crippen LogP contribution in [0, 0.1) is 11.8 Å². The third-order valence-electron chi connectivity index (χ3n) is 4.49. The van der Waals surface area contributed by atoms with Crippen LogP contribution in [0.25, 0.3) is 10.9 Å². The van der Waals surface area contributed by atoms with E-state index in [4.69, 9.17) is 0 Å². The van der Waals surface area contributed by atoms with E-state index in [9.17, 15) is 4.79 Å². The van der Waals surface area contributed by atoms with Crippen molar-refractivity contribution in [3.05, 3.63) is 36.0 Å². The van der Waals surface area contributed by atoms with Gasteiger partial charge in [-0.2, -0.15) is 0 Å². The second-order valence-corrected chi connectivity index (χ2v) is 5.64. The summed E-state index contributed by atoms with van der Waals surface area (Å²) in [7, 11) is 0. The third kappa shape index (κ3) is 1.67. The average Bonchev–Trinajstić information content (AvgIpc) is 3.11. The summed E-state index contributed by atoms with van der Waals surface area (Å²) < 4.78 is 0. The molecule has 4 heteroatoms. The van der Waals surface area contributed by atoms with E-state index in [1.54, 1.807) is 0 Å². The topological polar surface area (TPSA) is 48.1 Å². The number of benzene rings is 1. The molecule has 0 bridgehead atoms. The molecule has 98 valence electrons. The first-order valence-electron chi connectivity index (χ1n) is 6.89. The molecular formula is C15H17N3O. The van der Waals surface area contributed by atoms with Crippen molar-refractivity contribution in [1.82, 2.24) is 15.2 Å². The van der Waals surface area contributed by atoms with E-state index >= 15 is 0 Å². The molecule has 0 unspecified atom stereocenters. The molecule has 2 aliphatic rings. The summed E-state index contributed by atoms with van der Waals surface area (Å²) in [5, 5.41) is 4.51. The van der Waals surface area contributed by atoms with Gasteiger partial charge >= 0.3 is 0 Å². The molecule has 2 aromatic rings. The number of aromatic nitrogens is 1. The number of hydrogen-bond acceptors (Lipinski definition) is 2. The number of para-hydroxylation sites is 1. The van der Waals surface area contributed by atoms with E-state index in [0.717, 1.165) is 42.6 Å². The minimum absolute atomic E-state index is 0.169. The Morgan fingerprint density at radius 3 is 2.74 bits per heavy atom. The maximum absolute atomic E-state index is 12.7. The Hall–Kier alpha value is -1.81. The lowest BCUT2D eigenvalue weighted by Crippen LogP contribution is -2.32. The Kier molecular flexibility index (Phi) is 2.38. The first-order valence-corrected chi connectivity index (χ1v) is 6.89. The van der Waals surface area contributed by atoms with Crippen molar-refractivity contribution in [3.8, 4) is 0 Å². The fraction of sp³-hybridized carbons (Fsp3) is 0.400. The highest BCUT2D eigenvalue weighted by Crippen LogP contribution is 2.28. The summed E-state index contributed by atoms with van der Waals surface area (Å²) in [5.41, 5.74) is 1.76. The van der Waals surface area contributed by atoms with Crippen molar-refractivity contribution in [3.63, 3.8) is 0 Å². The van der Waals surface area contributed by atoms with E-state index < -0.39 is 0 Å². The molecule has 2 fully saturated rings. The second kappa shape index (κ2) is 4.10. The SMILES string of the molecule is O=C(c1cccc2cc[nH]c12)N1C[C@H]2CNC[C@H]2C1. The zero-order valence-electron chi connectivity index (χ0n) is 10.7. The number of hydrogen-bond donors (Lipinski definition) is 2. The fourth-order valence-electron chi connectivity index (χ4n) is 3.45. The molecule has 0 saturated carbocycles. The second-order valence-electron chi connectivity index (χ2n) is 5.64. The maximum Gasteiger partial charge on any atom is 0.256 e. The van der Waals surface area contributed by atoms with Gasteiger partial charge in [-0.1, -0.05) is 12.1 Å². The van der Waals surface area contributed by atoms with E-state index in [-0.39, 0.29) is 5.91 Å². The van der Waals surface area contributed by atoms with Crippen LogP contribution in [0.3, 0.4) is 0 Å². The molecule has 2 N–H and O–H groups in total. The molecule has 2 aliphatic heterocycles. The quantitative estimate of drug-likeness (QED) is 0.810. The normalized spacial score (nSPS) is 26.0. The summed E-state index contributed by atoms with van der Waals surface area (Å²) in [6, 6.07) is 7.93. The summed E-state index contributed by atoms with van der Waals surface area (Å²) in [4.78, 5) is 17.9. The molecular weight excluding hydrogens is 238 g/mol. The van der Waals surface area contributed by atoms with Crippen molar-refractivity contribution in [2.24, 2.45) is 11.8 Å². The van der Waals surface area contributed by atoms with Crippen LogP contribution in [0.1, 0.15) is 10.4 Å². The summed E-state index contributed by atoms with van der Waals surface area (Å²) in [6.07, 6.45) is 1.89. The van der Waals surface area contributed by atoms with Crippen LogP contribution in [0.4, 0.5) is 0 Å². The molecule has 0 spiro atoms. The minimum Gasteiger partial charge on any atom is -0.361 e. The number of aromatic amines is 1. The molecule has 1 aromatic carbocycles. The standard InChI is InChI=1S/C15H17N3O/c19-15(18-8-11-6-16-7-12(11)9-18)13-3-1-2-10-4-5-17-14(10)13/h1-5,11-12,16-17H,6-9H2/t11-,12+. The molecule has 4 rings (SSSR count). The number of nitrogens with one attached hydrogen (secondary N) is 2. The molecule has 2 saturated heterocycles. The third-order valence-corrected chi connectivity index (χ3v) is 4.49. The Bertz CT molecular complexity index is 621. The van der Waals surface area contributed by atoms with Gasteiger partial charge in [0.2, 0.25) is 0 Å². The van der Waals surface area contributed by atoms with E-state index in [1.807, 2.05) is 35.4 Å². The molecule has 4 nitrogen and oxygen atoms in total. The predicted octanol–water partition coefficient (Wildman–Crippen LogP) is 1.46. The highest BCUT2D eigenvalue weighted by atomic mass is 16.2. The van der Waals surface area contributed by atoms with Gasteiger partial charge in [-0.3, -0.25) is 4.79 Å². The van der Waals surface area contributed by atoms with Gasteiger partial charge in [-0.25, -0.2) is 0 Å². The summed E-state index contributed by atoms with van der Waals surface area (Å²) >= 11 is 0. The van der Waals surface area contributed by atoms with Crippen LogP contribution >= 0.6 is 0 Å². The number of amides is 1. The zero-order valence-corrected chi connectivity index (χ0v) is 10.7. The van der Waals surface area contributed by atoms with Gasteiger partial charge in [0.25, 0.3) is 5.91 Å². The van der Waals surface area contributed by atoms with Crippen LogP contribution in [0.15, 0.2) is 30.5 Å². The number of carbonyl (C=O) groups is 1. The minimum atomic E-state index is 0.169. The summed E-state index contributed by atoms with van der Waals surface area (Å²) in [5.74, 6) is 1.46. The molecule has 19 heavy (non-hydrogen) atoms. The average molecular weight is 255 g/mol. The fourth-order valence-corrected chi connectivity index (χ4v) is 3.45. The van der Waals surface area contributed by atoms with Crippen molar-refractivity contribution < 1.29 is 4.79 Å². The summed E-state index contributed by atoms with van der Waals surface area (Å²) in [6.45, 7) is 3.91. The van der Waals surface area contributed by atoms with Gasteiger partial charge in [-0.15, -0.1) is 0 Å². The van der Waals surface area contributed by atoms with E-state index in [2.05, 4.69) is 10.3 Å². The van der Waals surface area contributed by atoms with Gasteiger partial charge in [-0.05, 0) is 24.0 Å². The number of nitrogens with zero attached hydrogens (tertiary/aromatic N) is 1. The van der Waals surface area contributed by atoms with Gasteiger partial charge in [0.15, 0.2) is 0 Å². The van der Waals surface area contributed by atoms with Crippen LogP contribution in [-0.4, -0.2) is 42.0 Å². The lowest BCUT2D eigenvalue weighted by Gasteiger charge is -2.18. The van der Waals surface area contributed by atoms with Crippen LogP contribution in [-0.2, 0) is 0 Å². The van der Waals surface area contributed by atoms with Gasteiger partial charge < -0.3 is 15.2 Å². The number of likely N-dealkylation sites (tertiary alicyclic amines) is 1. The van der Waals surface area contributed by atoms with Crippen molar-refractivity contribution in [2.45, 2.75) is 0 Å². The first-order chi connectivity index (χ1) is 9.33. The number of rotatable bonds is 1. The van der Waals surface area contributed by atoms with Crippen molar-refractivity contribution in [2.75, 3.05) is 26.2 Å². The first kappa shape index (κ1) is 11.1. The Labute approximate surface area is 111 Å². The Balaban J connectivity index is 1.65. The predicted molar refractivity (Wildman–Crippen MR) is 74.1 cm³/mol. The molecule has 0 radical (unpaired) electrons. The van der Waals surface area contributed by atoms with Crippen molar-refractivity contribution in [1.29, 1.82) is 0 Å². The lowest BCUT2D eigenvalue weighted by atomic mass is 10.0. The van der Waals surface area contributed by atoms with Crippen LogP contribution < -0.4 is 5.32 Å². The smallest absolute Gasteiger partial charge is 0.256 e. The molecule has 1 aromatic heterocycles. The molecule has 2 atom stereocenters. The largest absolute Gasteiger partial charge is 0.361 e. The van der Waals surface area contributed by atoms with E-state index in [0.29, 0.717) is 11.8 Å². The maximum atomic E-state index is 12.7. The van der Waals surface area contributed by atoms with Crippen LogP contribution in [0.2, 0.25) is 0 Å². The number of fused-ring (bicyclic) bond motifs is 2. The van der Waals surface area contributed by atoms with Crippen LogP contribution in [0.5, 0.6) is 0 Å². The molecule has 3 heterocycles. The lowest BCUT2D eigenvalue weighted by molar-refractivity contribution is 0.0783. The van der Waals surface area contributed by atoms with Gasteiger partial charge in [0, 0.05) is 37.8 Å². The highest BCUT2D eigenvalue weighted by Gasteiger charge is 2.38. The number of H-pyrrole nitrogens is 1. The Morgan fingerprint density at radius 1 is 1.16 bits per heavy atom. The Morgan fingerprint density at radius 2 is 1.95 bits per heavy atom.